The number of nitrogens with zero attached hydrogens (tertiary/aromatic N) is 1. The van der Waals surface area contributed by atoms with Gasteiger partial charge in [0, 0.05) is 5.56 Å². The Balaban J connectivity index is 1.60. The standard InChI is InChI=1S/C25H19ClFNO6S2/c1-15-7-9-18(10-8-15)36(31,32)34-23-19(26)11-16(12-21(23)33-2)13-22-24(29)28(25(30)35-22)14-17-5-3-4-6-20(17)27/h3-13H,14H2,1-2H3/b22-13-. The minimum absolute atomic E-state index is 0.00928. The van der Waals surface area contributed by atoms with Crippen molar-refractivity contribution in [2.45, 2.75) is 18.4 Å². The van der Waals surface area contributed by atoms with E-state index in [0.717, 1.165) is 10.5 Å². The van der Waals surface area contributed by atoms with Gasteiger partial charge in [0.2, 0.25) is 5.75 Å². The summed E-state index contributed by atoms with van der Waals surface area (Å²) < 4.78 is 50.0. The lowest BCUT2D eigenvalue weighted by Crippen LogP contribution is -2.27. The van der Waals surface area contributed by atoms with Gasteiger partial charge in [-0.05, 0) is 60.7 Å². The number of imide groups is 1. The van der Waals surface area contributed by atoms with E-state index in [-0.39, 0.29) is 38.4 Å². The normalized spacial score (nSPS) is 15.0. The summed E-state index contributed by atoms with van der Waals surface area (Å²) in [6, 6.07) is 14.8. The van der Waals surface area contributed by atoms with Crippen LogP contribution < -0.4 is 8.92 Å². The second kappa shape index (κ2) is 10.3. The van der Waals surface area contributed by atoms with Crippen LogP contribution in [0.2, 0.25) is 5.02 Å². The fourth-order valence-electron chi connectivity index (χ4n) is 3.35. The van der Waals surface area contributed by atoms with Crippen LogP contribution in [0.15, 0.2) is 70.5 Å². The van der Waals surface area contributed by atoms with E-state index in [2.05, 4.69) is 0 Å². The van der Waals surface area contributed by atoms with Gasteiger partial charge in [-0.2, -0.15) is 8.42 Å². The van der Waals surface area contributed by atoms with Crippen molar-refractivity contribution in [1.29, 1.82) is 0 Å². The molecule has 0 saturated carbocycles. The van der Waals surface area contributed by atoms with Crippen LogP contribution >= 0.6 is 23.4 Å². The van der Waals surface area contributed by atoms with Crippen molar-refractivity contribution < 1.29 is 31.3 Å². The maximum atomic E-state index is 14.0. The van der Waals surface area contributed by atoms with Gasteiger partial charge >= 0.3 is 10.1 Å². The number of aryl methyl sites for hydroxylation is 1. The molecule has 0 bridgehead atoms. The summed E-state index contributed by atoms with van der Waals surface area (Å²) in [5.41, 5.74) is 1.46. The molecule has 4 rings (SSSR count). The number of rotatable bonds is 7. The number of hydrogen-bond acceptors (Lipinski definition) is 7. The summed E-state index contributed by atoms with van der Waals surface area (Å²) >= 11 is 7.03. The van der Waals surface area contributed by atoms with Crippen LogP contribution in [0.5, 0.6) is 11.5 Å². The van der Waals surface area contributed by atoms with Crippen molar-refractivity contribution in [2.24, 2.45) is 0 Å². The minimum Gasteiger partial charge on any atom is -0.493 e. The van der Waals surface area contributed by atoms with Crippen LogP contribution in [-0.4, -0.2) is 31.6 Å². The summed E-state index contributed by atoms with van der Waals surface area (Å²) in [7, 11) is -2.89. The molecule has 0 aliphatic carbocycles. The number of halogens is 2. The first-order chi connectivity index (χ1) is 17.1. The van der Waals surface area contributed by atoms with Crippen LogP contribution in [0, 0.1) is 12.7 Å². The molecule has 1 saturated heterocycles. The van der Waals surface area contributed by atoms with E-state index in [1.165, 1.54) is 55.7 Å². The molecule has 0 radical (unpaired) electrons. The third kappa shape index (κ3) is 5.40. The zero-order valence-corrected chi connectivity index (χ0v) is 21.4. The number of hydrogen-bond donors (Lipinski definition) is 0. The molecule has 1 aliphatic heterocycles. The predicted octanol–water partition coefficient (Wildman–Crippen LogP) is 5.80. The van der Waals surface area contributed by atoms with Gasteiger partial charge in [-0.15, -0.1) is 0 Å². The number of methoxy groups -OCH3 is 1. The molecular formula is C25H19ClFNO6S2. The minimum atomic E-state index is -4.20. The van der Waals surface area contributed by atoms with Crippen LogP contribution in [0.1, 0.15) is 16.7 Å². The predicted molar refractivity (Wildman–Crippen MR) is 135 cm³/mol. The fourth-order valence-corrected chi connectivity index (χ4v) is 5.45. The Morgan fingerprint density at radius 2 is 1.78 bits per heavy atom. The number of amides is 2. The Hall–Kier alpha value is -3.34. The molecule has 0 spiro atoms. The molecular weight excluding hydrogens is 529 g/mol. The van der Waals surface area contributed by atoms with Gasteiger partial charge < -0.3 is 8.92 Å². The van der Waals surface area contributed by atoms with E-state index < -0.39 is 27.1 Å². The van der Waals surface area contributed by atoms with E-state index in [4.69, 9.17) is 20.5 Å². The van der Waals surface area contributed by atoms with Gasteiger partial charge in [0.15, 0.2) is 5.75 Å². The van der Waals surface area contributed by atoms with E-state index in [9.17, 15) is 22.4 Å². The first-order valence-electron chi connectivity index (χ1n) is 10.5. The third-order valence-electron chi connectivity index (χ3n) is 5.21. The quantitative estimate of drug-likeness (QED) is 0.273. The Kier molecular flexibility index (Phi) is 7.39. The fraction of sp³-hybridized carbons (Fsp3) is 0.120. The van der Waals surface area contributed by atoms with Crippen molar-refractivity contribution in [3.8, 4) is 11.5 Å². The molecule has 1 fully saturated rings. The molecule has 1 aliphatic rings. The molecule has 0 atom stereocenters. The Morgan fingerprint density at radius 3 is 2.44 bits per heavy atom. The molecule has 11 heteroatoms. The average Bonchev–Trinajstić information content (AvgIpc) is 3.09. The number of thioether (sulfide) groups is 1. The van der Waals surface area contributed by atoms with E-state index in [1.54, 1.807) is 18.2 Å². The van der Waals surface area contributed by atoms with Gasteiger partial charge in [-0.25, -0.2) is 4.39 Å². The van der Waals surface area contributed by atoms with Gasteiger partial charge in [0.05, 0.1) is 23.6 Å². The highest BCUT2D eigenvalue weighted by Gasteiger charge is 2.35. The zero-order chi connectivity index (χ0) is 26.0. The number of carbonyl (C=O) groups excluding carboxylic acids is 2. The summed E-state index contributed by atoms with van der Waals surface area (Å²) in [4.78, 5) is 26.2. The molecule has 0 aromatic heterocycles. The van der Waals surface area contributed by atoms with Crippen LogP contribution in [0.3, 0.4) is 0 Å². The Bertz CT molecular complexity index is 1490. The van der Waals surface area contributed by atoms with Crippen LogP contribution in [0.4, 0.5) is 9.18 Å². The summed E-state index contributed by atoms with van der Waals surface area (Å²) in [6.45, 7) is 1.62. The second-order valence-corrected chi connectivity index (χ2v) is 10.7. The monoisotopic (exact) mass is 547 g/mol. The maximum absolute atomic E-state index is 14.0. The van der Waals surface area contributed by atoms with Gasteiger partial charge in [0.25, 0.3) is 11.1 Å². The molecule has 1 heterocycles. The van der Waals surface area contributed by atoms with Crippen molar-refractivity contribution in [2.75, 3.05) is 7.11 Å². The molecule has 0 N–H and O–H groups in total. The van der Waals surface area contributed by atoms with Crippen LogP contribution in [-0.2, 0) is 21.5 Å². The lowest BCUT2D eigenvalue weighted by molar-refractivity contribution is -0.123. The Morgan fingerprint density at radius 1 is 1.08 bits per heavy atom. The molecule has 3 aromatic carbocycles. The van der Waals surface area contributed by atoms with Crippen molar-refractivity contribution in [1.82, 2.24) is 4.90 Å². The average molecular weight is 548 g/mol. The molecule has 0 unspecified atom stereocenters. The zero-order valence-electron chi connectivity index (χ0n) is 19.0. The Labute approximate surface area is 216 Å². The highest BCUT2D eigenvalue weighted by atomic mass is 35.5. The SMILES string of the molecule is COc1cc(/C=C2\SC(=O)N(Cc3ccccc3F)C2=O)cc(Cl)c1OS(=O)(=O)c1ccc(C)cc1. The molecule has 3 aromatic rings. The highest BCUT2D eigenvalue weighted by molar-refractivity contribution is 8.18. The number of benzene rings is 3. The number of carbonyl (C=O) groups is 2. The summed E-state index contributed by atoms with van der Waals surface area (Å²) in [5, 5.41) is -0.626. The van der Waals surface area contributed by atoms with Gasteiger partial charge in [-0.3, -0.25) is 14.5 Å². The lowest BCUT2D eigenvalue weighted by Gasteiger charge is -2.14. The smallest absolute Gasteiger partial charge is 0.339 e. The van der Waals surface area contributed by atoms with Crippen molar-refractivity contribution in [3.63, 3.8) is 0 Å². The topological polar surface area (TPSA) is 90.0 Å². The second-order valence-electron chi connectivity index (χ2n) is 7.74. The lowest BCUT2D eigenvalue weighted by atomic mass is 10.1. The first-order valence-corrected chi connectivity index (χ1v) is 13.1. The maximum Gasteiger partial charge on any atom is 0.339 e. The van der Waals surface area contributed by atoms with Crippen molar-refractivity contribution in [3.05, 3.63) is 93.1 Å². The van der Waals surface area contributed by atoms with E-state index in [0.29, 0.717) is 17.3 Å². The molecule has 36 heavy (non-hydrogen) atoms. The molecule has 7 nitrogen and oxygen atoms in total. The number of ether oxygens (including phenoxy) is 1. The van der Waals surface area contributed by atoms with Crippen LogP contribution in [0.25, 0.3) is 6.08 Å². The summed E-state index contributed by atoms with van der Waals surface area (Å²) in [6.07, 6.45) is 1.42. The van der Waals surface area contributed by atoms with E-state index >= 15 is 0 Å². The molecule has 2 amide bonds. The first kappa shape index (κ1) is 25.7. The third-order valence-corrected chi connectivity index (χ3v) is 7.64. The van der Waals surface area contributed by atoms with E-state index in [1.807, 2.05) is 6.92 Å². The molecule has 186 valence electrons. The largest absolute Gasteiger partial charge is 0.493 e. The summed E-state index contributed by atoms with van der Waals surface area (Å²) in [5.74, 6) is -1.32. The van der Waals surface area contributed by atoms with Gasteiger partial charge in [0.1, 0.15) is 10.7 Å². The van der Waals surface area contributed by atoms with Crippen molar-refractivity contribution >= 4 is 50.7 Å². The van der Waals surface area contributed by atoms with Gasteiger partial charge in [-0.1, -0.05) is 47.5 Å². The highest BCUT2D eigenvalue weighted by Crippen LogP contribution is 2.40.